The third kappa shape index (κ3) is 3.02. The number of aromatic nitrogens is 3. The Morgan fingerprint density at radius 2 is 1.72 bits per heavy atom. The summed E-state index contributed by atoms with van der Waals surface area (Å²) in [5.74, 6) is -0.213. The average molecular weight is 468 g/mol. The number of fused-ring (bicyclic) bond motifs is 5. The maximum absolute atomic E-state index is 13.8. The van der Waals surface area contributed by atoms with Crippen molar-refractivity contribution in [2.45, 2.75) is 18.8 Å². The Kier molecular flexibility index (Phi) is 4.58. The summed E-state index contributed by atoms with van der Waals surface area (Å²) in [6.07, 6.45) is 8.58. The highest BCUT2D eigenvalue weighted by atomic mass is 16.2. The van der Waals surface area contributed by atoms with Gasteiger partial charge in [0, 0.05) is 47.0 Å². The first-order chi connectivity index (χ1) is 17.7. The largest absolute Gasteiger partial charge is 0.294 e. The molecule has 0 fully saturated rings. The third-order valence-electron chi connectivity index (χ3n) is 7.34. The summed E-state index contributed by atoms with van der Waals surface area (Å²) in [7, 11) is 0. The molecular weight excluding hydrogens is 446 g/mol. The fraction of sp³-hybridized carbons (Fsp3) is 0.0968. The molecule has 1 unspecified atom stereocenters. The van der Waals surface area contributed by atoms with Gasteiger partial charge < -0.3 is 0 Å². The molecule has 2 aliphatic carbocycles. The molecule has 2 aliphatic rings. The van der Waals surface area contributed by atoms with E-state index >= 15 is 0 Å². The van der Waals surface area contributed by atoms with Crippen LogP contribution in [0.4, 0.5) is 0 Å². The van der Waals surface area contributed by atoms with E-state index in [1.165, 1.54) is 4.68 Å². The number of carbonyl (C=O) groups excluding carboxylic acids is 2. The minimum atomic E-state index is -0.174. The van der Waals surface area contributed by atoms with Crippen LogP contribution >= 0.6 is 0 Å². The highest BCUT2D eigenvalue weighted by Crippen LogP contribution is 2.48. The van der Waals surface area contributed by atoms with E-state index in [-0.39, 0.29) is 17.6 Å². The lowest BCUT2D eigenvalue weighted by Crippen LogP contribution is -2.15. The van der Waals surface area contributed by atoms with Crippen LogP contribution in [-0.4, -0.2) is 26.5 Å². The zero-order chi connectivity index (χ0) is 24.2. The second-order valence-electron chi connectivity index (χ2n) is 9.28. The lowest BCUT2D eigenvalue weighted by atomic mass is 9.88. The van der Waals surface area contributed by atoms with Crippen LogP contribution in [0.1, 0.15) is 55.4 Å². The first-order valence-electron chi connectivity index (χ1n) is 12.1. The van der Waals surface area contributed by atoms with E-state index in [0.717, 1.165) is 56.4 Å². The number of hydrogen-bond donors (Lipinski definition) is 0. The Morgan fingerprint density at radius 1 is 0.889 bits per heavy atom. The lowest BCUT2D eigenvalue weighted by Gasteiger charge is -2.15. The zero-order valence-electron chi connectivity index (χ0n) is 19.4. The number of benzene rings is 3. The van der Waals surface area contributed by atoms with Crippen molar-refractivity contribution in [3.63, 3.8) is 0 Å². The Bertz CT molecular complexity index is 1740. The van der Waals surface area contributed by atoms with E-state index in [2.05, 4.69) is 16.1 Å². The molecule has 0 N–H and O–H groups in total. The minimum absolute atomic E-state index is 0.0858. The molecule has 36 heavy (non-hydrogen) atoms. The molecule has 2 heterocycles. The normalized spacial score (nSPS) is 15.1. The van der Waals surface area contributed by atoms with Crippen LogP contribution in [0.5, 0.6) is 0 Å². The van der Waals surface area contributed by atoms with Crippen molar-refractivity contribution in [3.8, 4) is 11.1 Å². The summed E-state index contributed by atoms with van der Waals surface area (Å²) in [6, 6.07) is 23.4. The van der Waals surface area contributed by atoms with Gasteiger partial charge in [-0.3, -0.25) is 14.6 Å². The van der Waals surface area contributed by atoms with Gasteiger partial charge in [-0.15, -0.1) is 0 Å². The van der Waals surface area contributed by atoms with Crippen LogP contribution in [0, 0.1) is 0 Å². The van der Waals surface area contributed by atoms with Gasteiger partial charge in [0.25, 0.3) is 5.91 Å². The van der Waals surface area contributed by atoms with E-state index in [0.29, 0.717) is 12.0 Å². The molecule has 0 radical (unpaired) electrons. The van der Waals surface area contributed by atoms with Gasteiger partial charge in [-0.25, -0.2) is 0 Å². The molecule has 5 nitrogen and oxygen atoms in total. The number of ketones is 1. The van der Waals surface area contributed by atoms with Gasteiger partial charge in [0.2, 0.25) is 0 Å². The maximum Gasteiger partial charge on any atom is 0.279 e. The van der Waals surface area contributed by atoms with Crippen molar-refractivity contribution in [2.24, 2.45) is 0 Å². The maximum atomic E-state index is 13.8. The van der Waals surface area contributed by atoms with Crippen LogP contribution in [0.15, 0.2) is 91.3 Å². The number of hydrogen-bond acceptors (Lipinski definition) is 4. The summed E-state index contributed by atoms with van der Waals surface area (Å²) in [6.45, 7) is 0. The number of Topliss-reactive ketones (excluding diaryl/α,β-unsaturated/α-hetero) is 1. The molecule has 0 bridgehead atoms. The van der Waals surface area contributed by atoms with Gasteiger partial charge in [0.05, 0.1) is 17.4 Å². The first-order valence-corrected chi connectivity index (χ1v) is 12.1. The second-order valence-corrected chi connectivity index (χ2v) is 9.28. The molecule has 0 saturated carbocycles. The van der Waals surface area contributed by atoms with E-state index in [9.17, 15) is 9.59 Å². The molecule has 0 saturated heterocycles. The highest BCUT2D eigenvalue weighted by molar-refractivity contribution is 6.08. The molecular formula is C31H21N3O2. The van der Waals surface area contributed by atoms with Gasteiger partial charge in [0.15, 0.2) is 5.78 Å². The SMILES string of the molecule is O=C(CC1c2ccccc2-c2c(C(=O)n3ncc4ccccc43)cccc21)c1ccnc2c1C=CC2. The minimum Gasteiger partial charge on any atom is -0.294 e. The standard InChI is InChI=1S/C31H21N3O2/c35-29(22-15-16-32-27-13-6-10-21(22)27)17-26-20-8-2-3-9-23(20)30-24(26)11-5-12-25(30)31(36)34-28-14-4-1-7-19(28)18-33-34/h1-12,14-16,18,26H,13,17H2. The third-order valence-corrected chi connectivity index (χ3v) is 7.34. The molecule has 0 aliphatic heterocycles. The summed E-state index contributed by atoms with van der Waals surface area (Å²) in [5, 5.41) is 5.31. The molecule has 3 aromatic carbocycles. The molecule has 5 heteroatoms. The Morgan fingerprint density at radius 3 is 2.67 bits per heavy atom. The molecule has 5 aromatic rings. The van der Waals surface area contributed by atoms with Crippen LogP contribution in [0.3, 0.4) is 0 Å². The van der Waals surface area contributed by atoms with Gasteiger partial charge in [-0.2, -0.15) is 9.78 Å². The average Bonchev–Trinajstić information content (AvgIpc) is 3.64. The van der Waals surface area contributed by atoms with Gasteiger partial charge in [0.1, 0.15) is 0 Å². The molecule has 0 amide bonds. The van der Waals surface area contributed by atoms with Crippen molar-refractivity contribution in [1.29, 1.82) is 0 Å². The van der Waals surface area contributed by atoms with E-state index < -0.39 is 0 Å². The van der Waals surface area contributed by atoms with Crippen molar-refractivity contribution in [1.82, 2.24) is 14.8 Å². The number of nitrogens with zero attached hydrogens (tertiary/aromatic N) is 3. The summed E-state index contributed by atoms with van der Waals surface area (Å²) in [4.78, 5) is 31.8. The summed E-state index contributed by atoms with van der Waals surface area (Å²) >= 11 is 0. The molecule has 7 rings (SSSR count). The molecule has 172 valence electrons. The Labute approximate surface area is 207 Å². The Balaban J connectivity index is 1.33. The Hall–Kier alpha value is -4.64. The van der Waals surface area contributed by atoms with Gasteiger partial charge in [-0.1, -0.05) is 66.7 Å². The summed E-state index contributed by atoms with van der Waals surface area (Å²) in [5.41, 5.74) is 7.96. The molecule has 1 atom stereocenters. The molecule has 0 spiro atoms. The van der Waals surface area contributed by atoms with E-state index in [1.807, 2.05) is 78.9 Å². The van der Waals surface area contributed by atoms with E-state index in [4.69, 9.17) is 0 Å². The smallest absolute Gasteiger partial charge is 0.279 e. The quantitative estimate of drug-likeness (QED) is 0.301. The highest BCUT2D eigenvalue weighted by Gasteiger charge is 2.34. The van der Waals surface area contributed by atoms with E-state index in [1.54, 1.807) is 12.4 Å². The van der Waals surface area contributed by atoms with Crippen molar-refractivity contribution >= 4 is 28.7 Å². The van der Waals surface area contributed by atoms with Crippen LogP contribution < -0.4 is 0 Å². The number of allylic oxidation sites excluding steroid dienone is 1. The molecule has 2 aromatic heterocycles. The lowest BCUT2D eigenvalue weighted by molar-refractivity contribution is 0.0949. The predicted octanol–water partition coefficient (Wildman–Crippen LogP) is 6.07. The zero-order valence-corrected chi connectivity index (χ0v) is 19.4. The van der Waals surface area contributed by atoms with Crippen molar-refractivity contribution < 1.29 is 9.59 Å². The predicted molar refractivity (Wildman–Crippen MR) is 139 cm³/mol. The topological polar surface area (TPSA) is 64.8 Å². The van der Waals surface area contributed by atoms with Crippen molar-refractivity contribution in [2.75, 3.05) is 0 Å². The van der Waals surface area contributed by atoms with Gasteiger partial charge in [-0.05, 0) is 40.5 Å². The number of pyridine rings is 1. The first kappa shape index (κ1) is 20.7. The van der Waals surface area contributed by atoms with Crippen LogP contribution in [0.2, 0.25) is 0 Å². The number of para-hydroxylation sites is 1. The fourth-order valence-electron chi connectivity index (χ4n) is 5.70. The monoisotopic (exact) mass is 467 g/mol. The number of carbonyl (C=O) groups is 2. The fourth-order valence-corrected chi connectivity index (χ4v) is 5.70. The van der Waals surface area contributed by atoms with Gasteiger partial charge >= 0.3 is 0 Å². The number of rotatable bonds is 4. The van der Waals surface area contributed by atoms with Crippen LogP contribution in [-0.2, 0) is 6.42 Å². The van der Waals surface area contributed by atoms with Crippen molar-refractivity contribution in [3.05, 3.63) is 125 Å². The second kappa shape index (κ2) is 7.95. The van der Waals surface area contributed by atoms with Crippen LogP contribution in [0.25, 0.3) is 28.1 Å². The summed E-state index contributed by atoms with van der Waals surface area (Å²) < 4.78 is 1.47.